The summed E-state index contributed by atoms with van der Waals surface area (Å²) in [6.45, 7) is 0. The van der Waals surface area contributed by atoms with E-state index >= 15 is 0 Å². The number of para-hydroxylation sites is 5. The van der Waals surface area contributed by atoms with Crippen LogP contribution in [0.5, 0.6) is 0 Å². The van der Waals surface area contributed by atoms with Gasteiger partial charge in [-0.05, 0) is 87.0 Å². The Bertz CT molecular complexity index is 3810. The quantitative estimate of drug-likeness (QED) is 0.179. The molecule has 9 aromatic carbocycles. The fourth-order valence-electron chi connectivity index (χ4n) is 10.6. The normalized spacial score (nSPS) is 12.1. The Labute approximate surface area is 362 Å². The molecule has 4 heterocycles. The number of hydrogen-bond donors (Lipinski definition) is 0. The minimum atomic E-state index is 0.599. The lowest BCUT2D eigenvalue weighted by Gasteiger charge is -2.23. The SMILES string of the molecule is c1ccc2c(c1)-c1ccccc1-c1cc3c4ccccc4n(-c4nc(-n5c6ccccc6c6ccccc65)cc(-n5c6ccccc6c6ccccc65)n4)c3cc1-c1ccccc1-2. The Morgan fingerprint density at radius 2 is 0.508 bits per heavy atom. The molecule has 13 aromatic rings. The maximum Gasteiger partial charge on any atom is 0.238 e. The molecule has 292 valence electrons. The first-order chi connectivity index (χ1) is 31.3. The van der Waals surface area contributed by atoms with Crippen molar-refractivity contribution in [1.82, 2.24) is 23.7 Å². The van der Waals surface area contributed by atoms with Gasteiger partial charge in [-0.2, -0.15) is 9.97 Å². The zero-order chi connectivity index (χ0) is 41.2. The van der Waals surface area contributed by atoms with Crippen LogP contribution in [-0.2, 0) is 0 Å². The van der Waals surface area contributed by atoms with Gasteiger partial charge in [0.15, 0.2) is 0 Å². The van der Waals surface area contributed by atoms with Gasteiger partial charge < -0.3 is 0 Å². The monoisotopic (exact) mass is 801 g/mol. The van der Waals surface area contributed by atoms with Crippen molar-refractivity contribution in [1.29, 1.82) is 0 Å². The second kappa shape index (κ2) is 13.0. The van der Waals surface area contributed by atoms with Gasteiger partial charge in [0.1, 0.15) is 11.6 Å². The van der Waals surface area contributed by atoms with Crippen LogP contribution in [-0.4, -0.2) is 23.7 Å². The van der Waals surface area contributed by atoms with E-state index in [0.29, 0.717) is 5.95 Å². The molecule has 4 aromatic heterocycles. The second-order valence-electron chi connectivity index (χ2n) is 16.5. The number of hydrogen-bond acceptors (Lipinski definition) is 2. The third-order valence-electron chi connectivity index (χ3n) is 13.3. The van der Waals surface area contributed by atoms with Crippen LogP contribution in [0.4, 0.5) is 0 Å². The Morgan fingerprint density at radius 3 is 0.889 bits per heavy atom. The summed E-state index contributed by atoms with van der Waals surface area (Å²) in [5.41, 5.74) is 16.1. The summed E-state index contributed by atoms with van der Waals surface area (Å²) in [6, 6.07) is 76.8. The fourth-order valence-corrected chi connectivity index (χ4v) is 10.6. The fraction of sp³-hybridized carbons (Fsp3) is 0. The van der Waals surface area contributed by atoms with Gasteiger partial charge in [-0.1, -0.05) is 164 Å². The van der Waals surface area contributed by atoms with Crippen molar-refractivity contribution in [3.05, 3.63) is 212 Å². The first-order valence-corrected chi connectivity index (χ1v) is 21.5. The van der Waals surface area contributed by atoms with Crippen LogP contribution in [0.1, 0.15) is 0 Å². The standard InChI is InChI=1S/C58H35N5/c1-2-18-37-36(17-1)38-19-3-5-21-40(38)47-33-49-46-27-11-16-32-54(46)63(55(49)34-48(47)41-22-6-4-20-39(37)41)58-59-56(61-50-28-12-7-23-42(50)43-24-8-13-29-51(43)61)35-57(60-58)62-52-30-14-9-25-44(52)45-26-10-15-31-53(45)62/h1-35H. The summed E-state index contributed by atoms with van der Waals surface area (Å²) in [6.07, 6.45) is 0. The van der Waals surface area contributed by atoms with Gasteiger partial charge in [0.05, 0.1) is 33.1 Å². The van der Waals surface area contributed by atoms with Crippen LogP contribution < -0.4 is 0 Å². The molecule has 5 nitrogen and oxygen atoms in total. The molecule has 0 atom stereocenters. The summed E-state index contributed by atoms with van der Waals surface area (Å²) < 4.78 is 6.91. The first kappa shape index (κ1) is 34.2. The van der Waals surface area contributed by atoms with Crippen molar-refractivity contribution in [3.63, 3.8) is 0 Å². The van der Waals surface area contributed by atoms with Crippen LogP contribution in [0.15, 0.2) is 212 Å². The molecule has 0 N–H and O–H groups in total. The predicted molar refractivity (Wildman–Crippen MR) is 260 cm³/mol. The zero-order valence-electron chi connectivity index (χ0n) is 33.9. The molecule has 0 spiro atoms. The van der Waals surface area contributed by atoms with Crippen molar-refractivity contribution in [3.8, 4) is 62.1 Å². The summed E-state index contributed by atoms with van der Waals surface area (Å²) >= 11 is 0. The number of nitrogens with zero attached hydrogens (tertiary/aromatic N) is 5. The van der Waals surface area contributed by atoms with Crippen molar-refractivity contribution < 1.29 is 0 Å². The molecule has 0 aliphatic heterocycles. The second-order valence-corrected chi connectivity index (χ2v) is 16.5. The van der Waals surface area contributed by atoms with Crippen molar-refractivity contribution in [2.45, 2.75) is 0 Å². The summed E-state index contributed by atoms with van der Waals surface area (Å²) in [5, 5.41) is 7.03. The molecule has 0 saturated heterocycles. The van der Waals surface area contributed by atoms with E-state index in [9.17, 15) is 0 Å². The molecule has 14 rings (SSSR count). The van der Waals surface area contributed by atoms with Crippen molar-refractivity contribution >= 4 is 65.4 Å². The van der Waals surface area contributed by atoms with Gasteiger partial charge in [-0.15, -0.1) is 0 Å². The molecule has 0 unspecified atom stereocenters. The van der Waals surface area contributed by atoms with E-state index in [2.05, 4.69) is 226 Å². The topological polar surface area (TPSA) is 40.6 Å². The lowest BCUT2D eigenvalue weighted by molar-refractivity contribution is 0.918. The van der Waals surface area contributed by atoms with Gasteiger partial charge >= 0.3 is 0 Å². The molecule has 0 fully saturated rings. The molecule has 1 aliphatic rings. The minimum Gasteiger partial charge on any atom is -0.294 e. The highest BCUT2D eigenvalue weighted by Gasteiger charge is 2.26. The highest BCUT2D eigenvalue weighted by molar-refractivity contribution is 6.15. The number of rotatable bonds is 3. The smallest absolute Gasteiger partial charge is 0.238 e. The van der Waals surface area contributed by atoms with Gasteiger partial charge in [-0.25, -0.2) is 0 Å². The highest BCUT2D eigenvalue weighted by Crippen LogP contribution is 2.50. The Hall–Kier alpha value is -8.54. The minimum absolute atomic E-state index is 0.599. The van der Waals surface area contributed by atoms with E-state index < -0.39 is 0 Å². The van der Waals surface area contributed by atoms with E-state index in [0.717, 1.165) is 55.5 Å². The number of aromatic nitrogens is 5. The van der Waals surface area contributed by atoms with Gasteiger partial charge in [0.2, 0.25) is 5.95 Å². The lowest BCUT2D eigenvalue weighted by Crippen LogP contribution is -2.10. The Morgan fingerprint density at radius 1 is 0.222 bits per heavy atom. The maximum atomic E-state index is 5.65. The van der Waals surface area contributed by atoms with Crippen LogP contribution in [0.3, 0.4) is 0 Å². The summed E-state index contributed by atoms with van der Waals surface area (Å²) in [7, 11) is 0. The summed E-state index contributed by atoms with van der Waals surface area (Å²) in [5.74, 6) is 2.19. The van der Waals surface area contributed by atoms with Crippen LogP contribution >= 0.6 is 0 Å². The molecular weight excluding hydrogens is 767 g/mol. The Balaban J connectivity index is 1.13. The number of fused-ring (bicyclic) bond motifs is 17. The molecule has 63 heavy (non-hydrogen) atoms. The maximum absolute atomic E-state index is 5.65. The first-order valence-electron chi connectivity index (χ1n) is 21.5. The van der Waals surface area contributed by atoms with Crippen LogP contribution in [0, 0.1) is 0 Å². The van der Waals surface area contributed by atoms with E-state index in [1.165, 1.54) is 66.1 Å². The summed E-state index contributed by atoms with van der Waals surface area (Å²) in [4.78, 5) is 11.3. The third-order valence-corrected chi connectivity index (χ3v) is 13.3. The van der Waals surface area contributed by atoms with E-state index in [-0.39, 0.29) is 0 Å². The molecule has 5 heteroatoms. The van der Waals surface area contributed by atoms with Gasteiger partial charge in [-0.3, -0.25) is 13.7 Å². The van der Waals surface area contributed by atoms with Crippen LogP contribution in [0.2, 0.25) is 0 Å². The molecule has 0 saturated carbocycles. The largest absolute Gasteiger partial charge is 0.294 e. The molecular formula is C58H35N5. The highest BCUT2D eigenvalue weighted by atomic mass is 15.2. The van der Waals surface area contributed by atoms with E-state index in [1.54, 1.807) is 0 Å². The predicted octanol–water partition coefficient (Wildman–Crippen LogP) is 14.7. The van der Waals surface area contributed by atoms with Crippen LogP contribution in [0.25, 0.3) is 128 Å². The average Bonchev–Trinajstić information content (AvgIpc) is 3.99. The van der Waals surface area contributed by atoms with E-state index in [4.69, 9.17) is 9.97 Å². The van der Waals surface area contributed by atoms with Gasteiger partial charge in [0, 0.05) is 38.4 Å². The van der Waals surface area contributed by atoms with Gasteiger partial charge in [0.25, 0.3) is 0 Å². The lowest BCUT2D eigenvalue weighted by atomic mass is 9.80. The number of benzene rings is 9. The third kappa shape index (κ3) is 4.82. The van der Waals surface area contributed by atoms with E-state index in [1.807, 2.05) is 0 Å². The van der Waals surface area contributed by atoms with Crippen molar-refractivity contribution in [2.75, 3.05) is 0 Å². The average molecular weight is 802 g/mol. The molecule has 0 radical (unpaired) electrons. The molecule has 0 bridgehead atoms. The molecule has 0 amide bonds. The molecule has 1 aliphatic carbocycles. The Kier molecular flexibility index (Phi) is 7.05. The van der Waals surface area contributed by atoms with Crippen molar-refractivity contribution in [2.24, 2.45) is 0 Å². The zero-order valence-corrected chi connectivity index (χ0v) is 33.9.